The molecule has 1 aromatic carbocycles. The molecule has 0 saturated heterocycles. The Morgan fingerprint density at radius 3 is 2.69 bits per heavy atom. The summed E-state index contributed by atoms with van der Waals surface area (Å²) in [6, 6.07) is 11.0. The molecule has 1 N–H and O–H groups in total. The number of aromatic nitrogens is 4. The first-order valence-corrected chi connectivity index (χ1v) is 9.66. The van der Waals surface area contributed by atoms with Crippen molar-refractivity contribution in [2.24, 2.45) is 0 Å². The number of nitrogens with one attached hydrogen (secondary N) is 1. The van der Waals surface area contributed by atoms with Crippen molar-refractivity contribution in [3.05, 3.63) is 58.0 Å². The number of hydrogen-bond acceptors (Lipinski definition) is 4. The zero-order valence-electron chi connectivity index (χ0n) is 15.0. The van der Waals surface area contributed by atoms with E-state index in [0.29, 0.717) is 11.4 Å². The quantitative estimate of drug-likeness (QED) is 0.597. The van der Waals surface area contributed by atoms with Gasteiger partial charge in [0.05, 0.1) is 22.1 Å². The van der Waals surface area contributed by atoms with E-state index in [1.54, 1.807) is 12.1 Å². The number of nitriles is 1. The van der Waals surface area contributed by atoms with Crippen molar-refractivity contribution in [1.82, 2.24) is 19.6 Å². The van der Waals surface area contributed by atoms with Gasteiger partial charge in [-0.25, -0.2) is 13.5 Å². The van der Waals surface area contributed by atoms with E-state index in [9.17, 15) is 18.8 Å². The summed E-state index contributed by atoms with van der Waals surface area (Å²) in [5.41, 5.74) is 1.10. The van der Waals surface area contributed by atoms with Gasteiger partial charge in [-0.3, -0.25) is 9.48 Å². The van der Waals surface area contributed by atoms with Crippen LogP contribution in [0.25, 0.3) is 5.69 Å². The first kappa shape index (κ1) is 19.3. The molecule has 10 heteroatoms. The van der Waals surface area contributed by atoms with E-state index in [1.165, 1.54) is 15.6 Å². The van der Waals surface area contributed by atoms with Gasteiger partial charge in [0.2, 0.25) is 5.91 Å². The Bertz CT molecular complexity index is 1100. The highest BCUT2D eigenvalue weighted by atomic mass is 79.9. The lowest BCUT2D eigenvalue weighted by Crippen LogP contribution is -2.23. The highest BCUT2D eigenvalue weighted by molar-refractivity contribution is 9.10. The lowest BCUT2D eigenvalue weighted by atomic mass is 10.2. The van der Waals surface area contributed by atoms with Crippen molar-refractivity contribution < 1.29 is 13.6 Å². The topological polar surface area (TPSA) is 88.5 Å². The minimum Gasteiger partial charge on any atom is -0.308 e. The van der Waals surface area contributed by atoms with E-state index in [1.807, 2.05) is 24.3 Å². The van der Waals surface area contributed by atoms with Gasteiger partial charge in [0.1, 0.15) is 23.9 Å². The number of halogens is 3. The van der Waals surface area contributed by atoms with Gasteiger partial charge in [-0.1, -0.05) is 18.2 Å². The maximum atomic E-state index is 13.2. The van der Waals surface area contributed by atoms with Crippen molar-refractivity contribution in [2.45, 2.75) is 31.7 Å². The molecular weight excluding hydrogens is 446 g/mol. The Morgan fingerprint density at radius 1 is 1.34 bits per heavy atom. The molecule has 1 aliphatic carbocycles. The van der Waals surface area contributed by atoms with Gasteiger partial charge in [-0.05, 0) is 40.9 Å². The summed E-state index contributed by atoms with van der Waals surface area (Å²) in [6.07, 6.45) is 0.357. The molecule has 29 heavy (non-hydrogen) atoms. The second kappa shape index (κ2) is 7.75. The largest absolute Gasteiger partial charge is 0.308 e. The standard InChI is InChI=1S/C19H15BrF2N6O/c20-15-16(18(21)22)26-27(17(15)11-6-7-11)10-14(29)25-19-12(8-23)9-24-28(19)13-4-2-1-3-5-13/h1-5,9,11,18H,6-7,10H2,(H,25,29). The molecule has 1 aliphatic rings. The SMILES string of the molecule is N#Cc1cnn(-c2ccccc2)c1NC(=O)Cn1nc(C(F)F)c(Br)c1C1CC1. The number of para-hydroxylation sites is 1. The first-order chi connectivity index (χ1) is 14.0. The average Bonchev–Trinajstić information content (AvgIpc) is 3.37. The number of rotatable bonds is 6. The maximum Gasteiger partial charge on any atom is 0.283 e. The van der Waals surface area contributed by atoms with Crippen molar-refractivity contribution in [2.75, 3.05) is 5.32 Å². The minimum atomic E-state index is -2.74. The van der Waals surface area contributed by atoms with Gasteiger partial charge in [-0.15, -0.1) is 0 Å². The molecule has 148 valence electrons. The van der Waals surface area contributed by atoms with Crippen LogP contribution in [0.3, 0.4) is 0 Å². The Morgan fingerprint density at radius 2 is 2.07 bits per heavy atom. The molecular formula is C19H15BrF2N6O. The van der Waals surface area contributed by atoms with Gasteiger partial charge in [0.15, 0.2) is 5.82 Å². The fourth-order valence-electron chi connectivity index (χ4n) is 3.10. The number of carbonyl (C=O) groups excluding carboxylic acids is 1. The van der Waals surface area contributed by atoms with Crippen molar-refractivity contribution in [3.63, 3.8) is 0 Å². The van der Waals surface area contributed by atoms with Crippen LogP contribution in [0.1, 0.15) is 42.1 Å². The molecule has 4 rings (SSSR count). The molecule has 0 spiro atoms. The number of hydrogen-bond donors (Lipinski definition) is 1. The van der Waals surface area contributed by atoms with Gasteiger partial charge in [-0.2, -0.15) is 15.5 Å². The van der Waals surface area contributed by atoms with E-state index in [-0.39, 0.29) is 34.0 Å². The lowest BCUT2D eigenvalue weighted by molar-refractivity contribution is -0.117. The molecule has 1 saturated carbocycles. The molecule has 0 bridgehead atoms. The summed E-state index contributed by atoms with van der Waals surface area (Å²) in [5, 5.41) is 20.1. The van der Waals surface area contributed by atoms with E-state index >= 15 is 0 Å². The van der Waals surface area contributed by atoms with E-state index in [0.717, 1.165) is 12.8 Å². The molecule has 1 amide bonds. The molecule has 0 aliphatic heterocycles. The Kier molecular flexibility index (Phi) is 5.15. The molecule has 0 unspecified atom stereocenters. The maximum absolute atomic E-state index is 13.2. The van der Waals surface area contributed by atoms with Crippen LogP contribution in [0.2, 0.25) is 0 Å². The lowest BCUT2D eigenvalue weighted by Gasteiger charge is -2.11. The summed E-state index contributed by atoms with van der Waals surface area (Å²) in [4.78, 5) is 12.7. The summed E-state index contributed by atoms with van der Waals surface area (Å²) in [7, 11) is 0. The number of alkyl halides is 2. The number of anilines is 1. The van der Waals surface area contributed by atoms with Crippen molar-refractivity contribution >= 4 is 27.7 Å². The third-order valence-corrected chi connectivity index (χ3v) is 5.38. The van der Waals surface area contributed by atoms with Gasteiger partial charge in [0.25, 0.3) is 6.43 Å². The third kappa shape index (κ3) is 3.78. The highest BCUT2D eigenvalue weighted by Crippen LogP contribution is 2.45. The molecule has 2 heterocycles. The second-order valence-corrected chi connectivity index (χ2v) is 7.42. The van der Waals surface area contributed by atoms with Gasteiger partial charge in [0, 0.05) is 5.92 Å². The molecule has 3 aromatic rings. The highest BCUT2D eigenvalue weighted by Gasteiger charge is 2.34. The van der Waals surface area contributed by atoms with Gasteiger partial charge < -0.3 is 5.32 Å². The Hall–Kier alpha value is -3.06. The molecule has 0 atom stereocenters. The van der Waals surface area contributed by atoms with Crippen LogP contribution in [0, 0.1) is 11.3 Å². The van der Waals surface area contributed by atoms with Crippen LogP contribution in [0.4, 0.5) is 14.6 Å². The summed E-state index contributed by atoms with van der Waals surface area (Å²) in [5.74, 6) is -0.157. The van der Waals surface area contributed by atoms with Crippen molar-refractivity contribution in [1.29, 1.82) is 5.26 Å². The monoisotopic (exact) mass is 460 g/mol. The Labute approximate surface area is 173 Å². The Balaban J connectivity index is 1.61. The fourth-order valence-corrected chi connectivity index (χ4v) is 3.88. The number of amides is 1. The van der Waals surface area contributed by atoms with E-state index in [2.05, 4.69) is 31.4 Å². The van der Waals surface area contributed by atoms with Crippen LogP contribution in [-0.4, -0.2) is 25.5 Å². The van der Waals surface area contributed by atoms with Crippen LogP contribution in [0.5, 0.6) is 0 Å². The predicted octanol–water partition coefficient (Wildman–Crippen LogP) is 4.16. The molecule has 1 fully saturated rings. The number of carbonyl (C=O) groups is 1. The summed E-state index contributed by atoms with van der Waals surface area (Å²) in [6.45, 7) is -0.248. The van der Waals surface area contributed by atoms with Crippen LogP contribution < -0.4 is 5.32 Å². The van der Waals surface area contributed by atoms with Crippen LogP contribution in [-0.2, 0) is 11.3 Å². The summed E-state index contributed by atoms with van der Waals surface area (Å²) >= 11 is 3.21. The molecule has 7 nitrogen and oxygen atoms in total. The normalized spacial score (nSPS) is 13.5. The minimum absolute atomic E-state index is 0.113. The van der Waals surface area contributed by atoms with E-state index < -0.39 is 12.3 Å². The molecule has 2 aromatic heterocycles. The number of nitrogens with zero attached hydrogens (tertiary/aromatic N) is 5. The zero-order valence-corrected chi connectivity index (χ0v) is 16.6. The van der Waals surface area contributed by atoms with Crippen LogP contribution in [0.15, 0.2) is 41.0 Å². The van der Waals surface area contributed by atoms with E-state index in [4.69, 9.17) is 0 Å². The van der Waals surface area contributed by atoms with Gasteiger partial charge >= 0.3 is 0 Å². The second-order valence-electron chi connectivity index (χ2n) is 6.63. The van der Waals surface area contributed by atoms with Crippen molar-refractivity contribution in [3.8, 4) is 11.8 Å². The molecule has 0 radical (unpaired) electrons. The predicted molar refractivity (Wildman–Crippen MR) is 104 cm³/mol. The third-order valence-electron chi connectivity index (χ3n) is 4.57. The fraction of sp³-hybridized carbons (Fsp3) is 0.263. The zero-order chi connectivity index (χ0) is 20.5. The average molecular weight is 461 g/mol. The summed E-state index contributed by atoms with van der Waals surface area (Å²) < 4.78 is 29.5. The van der Waals surface area contributed by atoms with Crippen LogP contribution >= 0.6 is 15.9 Å². The first-order valence-electron chi connectivity index (χ1n) is 8.87. The smallest absolute Gasteiger partial charge is 0.283 e. The number of benzene rings is 1.